The van der Waals surface area contributed by atoms with Gasteiger partial charge in [-0.25, -0.2) is 4.57 Å². The number of phosphoric acid groups is 1. The van der Waals surface area contributed by atoms with Crippen molar-refractivity contribution < 1.29 is 18.1 Å². The molecule has 1 aliphatic rings. The van der Waals surface area contributed by atoms with Crippen LogP contribution < -0.4 is 5.32 Å². The highest BCUT2D eigenvalue weighted by Gasteiger charge is 2.27. The van der Waals surface area contributed by atoms with Crippen molar-refractivity contribution in [2.75, 3.05) is 32.9 Å². The number of hydrogen-bond donors (Lipinski definition) is 1. The second-order valence-electron chi connectivity index (χ2n) is 7.29. The van der Waals surface area contributed by atoms with Crippen molar-refractivity contribution in [3.8, 4) is 0 Å². The molecule has 0 aromatic rings. The highest BCUT2D eigenvalue weighted by molar-refractivity contribution is 7.48. The van der Waals surface area contributed by atoms with Gasteiger partial charge in [-0.1, -0.05) is 90.4 Å². The Balaban J connectivity index is 1.81. The fraction of sp³-hybridized carbons (Fsp3) is 1.00. The molecule has 26 heavy (non-hydrogen) atoms. The summed E-state index contributed by atoms with van der Waals surface area (Å²) in [4.78, 5) is 0. The minimum absolute atomic E-state index is 0.371. The lowest BCUT2D eigenvalue weighted by Gasteiger charge is -2.20. The van der Waals surface area contributed by atoms with E-state index in [9.17, 15) is 4.57 Å². The first-order chi connectivity index (χ1) is 12.8. The standard InChI is InChI=1S/C20H42NO4P/c1-2-3-4-5-6-7-8-9-10-11-12-13-14-15-18-23-26(22)24-19-16-21-17-20-25-26/h21H,2-20H2,1H3. The minimum Gasteiger partial charge on any atom is -0.312 e. The molecule has 0 radical (unpaired) electrons. The zero-order chi connectivity index (χ0) is 18.8. The zero-order valence-corrected chi connectivity index (χ0v) is 17.9. The van der Waals surface area contributed by atoms with Crippen molar-refractivity contribution in [3.63, 3.8) is 0 Å². The zero-order valence-electron chi connectivity index (χ0n) is 17.0. The largest absolute Gasteiger partial charge is 0.474 e. The van der Waals surface area contributed by atoms with Crippen LogP contribution in [0, 0.1) is 0 Å². The van der Waals surface area contributed by atoms with E-state index in [0.717, 1.165) is 12.8 Å². The summed E-state index contributed by atoms with van der Waals surface area (Å²) in [5.41, 5.74) is 0. The van der Waals surface area contributed by atoms with Crippen LogP contribution >= 0.6 is 7.82 Å². The topological polar surface area (TPSA) is 56.8 Å². The van der Waals surface area contributed by atoms with Gasteiger partial charge in [-0.15, -0.1) is 0 Å². The van der Waals surface area contributed by atoms with Crippen LogP contribution in [0.5, 0.6) is 0 Å². The molecule has 0 amide bonds. The van der Waals surface area contributed by atoms with E-state index in [0.29, 0.717) is 32.9 Å². The summed E-state index contributed by atoms with van der Waals surface area (Å²) in [6.07, 6.45) is 18.5. The minimum atomic E-state index is -3.31. The maximum absolute atomic E-state index is 12.2. The molecule has 1 N–H and O–H groups in total. The molecule has 0 unspecified atom stereocenters. The van der Waals surface area contributed by atoms with Gasteiger partial charge in [-0.2, -0.15) is 0 Å². The molecule has 1 rings (SSSR count). The third-order valence-corrected chi connectivity index (χ3v) is 6.30. The molecule has 0 atom stereocenters. The summed E-state index contributed by atoms with van der Waals surface area (Å²) < 4.78 is 28.1. The molecule has 0 bridgehead atoms. The van der Waals surface area contributed by atoms with Gasteiger partial charge in [0.15, 0.2) is 0 Å². The fourth-order valence-corrected chi connectivity index (χ4v) is 4.38. The van der Waals surface area contributed by atoms with Gasteiger partial charge in [0.25, 0.3) is 0 Å². The number of hydrogen-bond acceptors (Lipinski definition) is 5. The van der Waals surface area contributed by atoms with Crippen LogP contribution in [0.3, 0.4) is 0 Å². The first-order valence-corrected chi connectivity index (χ1v) is 12.5. The van der Waals surface area contributed by atoms with Crippen molar-refractivity contribution in [3.05, 3.63) is 0 Å². The van der Waals surface area contributed by atoms with Gasteiger partial charge in [0.1, 0.15) is 0 Å². The Hall–Kier alpha value is 0.0700. The molecule has 5 nitrogen and oxygen atoms in total. The monoisotopic (exact) mass is 391 g/mol. The number of rotatable bonds is 16. The summed E-state index contributed by atoms with van der Waals surface area (Å²) in [7, 11) is -3.31. The Bertz CT molecular complexity index is 343. The lowest BCUT2D eigenvalue weighted by molar-refractivity contribution is 0.102. The number of unbranched alkanes of at least 4 members (excludes halogenated alkanes) is 13. The number of nitrogens with one attached hydrogen (secondary N) is 1. The molecular weight excluding hydrogens is 349 g/mol. The average Bonchev–Trinajstić information content (AvgIpc) is 2.62. The van der Waals surface area contributed by atoms with Crippen LogP contribution in [-0.2, 0) is 18.1 Å². The maximum atomic E-state index is 12.2. The number of phosphoric ester groups is 1. The first-order valence-electron chi connectivity index (χ1n) is 11.0. The van der Waals surface area contributed by atoms with E-state index in [2.05, 4.69) is 12.2 Å². The molecular formula is C20H42NO4P. The third-order valence-electron chi connectivity index (χ3n) is 4.80. The maximum Gasteiger partial charge on any atom is 0.474 e. The van der Waals surface area contributed by atoms with Gasteiger partial charge in [0.2, 0.25) is 0 Å². The van der Waals surface area contributed by atoms with Crippen LogP contribution in [-0.4, -0.2) is 32.9 Å². The highest BCUT2D eigenvalue weighted by atomic mass is 31.2. The van der Waals surface area contributed by atoms with Crippen molar-refractivity contribution in [1.29, 1.82) is 0 Å². The van der Waals surface area contributed by atoms with Gasteiger partial charge in [0, 0.05) is 13.1 Å². The predicted molar refractivity (Wildman–Crippen MR) is 109 cm³/mol. The van der Waals surface area contributed by atoms with E-state index >= 15 is 0 Å². The quantitative estimate of drug-likeness (QED) is 0.250. The molecule has 1 fully saturated rings. The lowest BCUT2D eigenvalue weighted by Crippen LogP contribution is -2.26. The van der Waals surface area contributed by atoms with Gasteiger partial charge < -0.3 is 5.32 Å². The lowest BCUT2D eigenvalue weighted by atomic mass is 10.0. The van der Waals surface area contributed by atoms with E-state index in [1.54, 1.807) is 0 Å². The van der Waals surface area contributed by atoms with Crippen LogP contribution in [0.1, 0.15) is 96.8 Å². The van der Waals surface area contributed by atoms with Crippen molar-refractivity contribution in [2.24, 2.45) is 0 Å². The van der Waals surface area contributed by atoms with E-state index in [-0.39, 0.29) is 0 Å². The van der Waals surface area contributed by atoms with Crippen molar-refractivity contribution in [2.45, 2.75) is 96.8 Å². The predicted octanol–water partition coefficient (Wildman–Crippen LogP) is 6.23. The molecule has 0 aliphatic carbocycles. The Morgan fingerprint density at radius 3 is 1.62 bits per heavy atom. The smallest absolute Gasteiger partial charge is 0.312 e. The molecule has 6 heteroatoms. The molecule has 0 saturated carbocycles. The van der Waals surface area contributed by atoms with Gasteiger partial charge in [0.05, 0.1) is 19.8 Å². The molecule has 1 saturated heterocycles. The summed E-state index contributed by atoms with van der Waals surface area (Å²) in [6.45, 7) is 4.86. The highest BCUT2D eigenvalue weighted by Crippen LogP contribution is 2.49. The SMILES string of the molecule is CCCCCCCCCCCCCCCCOP1(=O)OCCNCCO1. The molecule has 1 aliphatic heterocycles. The Kier molecular flexibility index (Phi) is 15.9. The molecule has 0 spiro atoms. The second kappa shape index (κ2) is 17.2. The molecule has 0 aromatic carbocycles. The van der Waals surface area contributed by atoms with Gasteiger partial charge in [-0.05, 0) is 6.42 Å². The molecule has 0 aromatic heterocycles. The van der Waals surface area contributed by atoms with Crippen molar-refractivity contribution >= 4 is 7.82 Å². The Morgan fingerprint density at radius 1 is 0.731 bits per heavy atom. The summed E-state index contributed by atoms with van der Waals surface area (Å²) >= 11 is 0. The van der Waals surface area contributed by atoms with Gasteiger partial charge in [-0.3, -0.25) is 13.6 Å². The Morgan fingerprint density at radius 2 is 1.15 bits per heavy atom. The van der Waals surface area contributed by atoms with Crippen LogP contribution in [0.15, 0.2) is 0 Å². The van der Waals surface area contributed by atoms with E-state index in [1.807, 2.05) is 0 Å². The van der Waals surface area contributed by atoms with E-state index in [4.69, 9.17) is 13.6 Å². The van der Waals surface area contributed by atoms with Crippen molar-refractivity contribution in [1.82, 2.24) is 5.32 Å². The normalized spacial score (nSPS) is 17.7. The first kappa shape index (κ1) is 24.1. The third kappa shape index (κ3) is 14.2. The van der Waals surface area contributed by atoms with Crippen LogP contribution in [0.25, 0.3) is 0 Å². The van der Waals surface area contributed by atoms with E-state index < -0.39 is 7.82 Å². The average molecular weight is 392 g/mol. The van der Waals surface area contributed by atoms with Crippen LogP contribution in [0.4, 0.5) is 0 Å². The summed E-state index contributed by atoms with van der Waals surface area (Å²) in [5.74, 6) is 0. The Labute approximate surface area is 161 Å². The summed E-state index contributed by atoms with van der Waals surface area (Å²) in [5, 5.41) is 3.12. The van der Waals surface area contributed by atoms with Gasteiger partial charge >= 0.3 is 7.82 Å². The molecule has 156 valence electrons. The fourth-order valence-electron chi connectivity index (χ4n) is 3.17. The molecule has 1 heterocycles. The van der Waals surface area contributed by atoms with Crippen LogP contribution in [0.2, 0.25) is 0 Å². The second-order valence-corrected chi connectivity index (χ2v) is 8.96. The van der Waals surface area contributed by atoms with E-state index in [1.165, 1.54) is 77.0 Å². The summed E-state index contributed by atoms with van der Waals surface area (Å²) in [6, 6.07) is 0.